The lowest BCUT2D eigenvalue weighted by atomic mass is 9.80. The van der Waals surface area contributed by atoms with E-state index in [1.54, 1.807) is 0 Å². The molecule has 0 radical (unpaired) electrons. The van der Waals surface area contributed by atoms with Crippen LogP contribution in [0.25, 0.3) is 11.2 Å². The Morgan fingerprint density at radius 2 is 2.10 bits per heavy atom. The van der Waals surface area contributed by atoms with Crippen molar-refractivity contribution in [1.29, 1.82) is 5.26 Å². The molecular weight excluding hydrogens is 364 g/mol. The summed E-state index contributed by atoms with van der Waals surface area (Å²) in [4.78, 5) is 13.9. The zero-order valence-electron chi connectivity index (χ0n) is 16.5. The monoisotopic (exact) mass is 388 g/mol. The van der Waals surface area contributed by atoms with Gasteiger partial charge in [-0.2, -0.15) is 10.4 Å². The van der Waals surface area contributed by atoms with E-state index >= 15 is 0 Å². The van der Waals surface area contributed by atoms with Crippen LogP contribution in [0.4, 0.5) is 17.3 Å². The maximum atomic E-state index is 9.37. The predicted molar refractivity (Wildman–Crippen MR) is 112 cm³/mol. The zero-order valence-corrected chi connectivity index (χ0v) is 16.5. The van der Waals surface area contributed by atoms with Crippen molar-refractivity contribution >= 4 is 28.5 Å². The molecule has 8 nitrogen and oxygen atoms in total. The molecule has 148 valence electrons. The fraction of sp³-hybridized carbons (Fsp3) is 0.429. The zero-order chi connectivity index (χ0) is 20.0. The molecule has 0 saturated carbocycles. The van der Waals surface area contributed by atoms with Crippen LogP contribution in [0.3, 0.4) is 0 Å². The van der Waals surface area contributed by atoms with Crippen LogP contribution in [0.1, 0.15) is 30.9 Å². The van der Waals surface area contributed by atoms with E-state index in [0.717, 1.165) is 79.4 Å². The number of nitrogens with two attached hydrogens (primary N) is 1. The molecule has 2 aliphatic rings. The summed E-state index contributed by atoms with van der Waals surface area (Å²) < 4.78 is 0. The number of hydrogen-bond acceptors (Lipinski definition) is 7. The second-order valence-electron chi connectivity index (χ2n) is 8.29. The summed E-state index contributed by atoms with van der Waals surface area (Å²) in [6, 6.07) is 8.11. The summed E-state index contributed by atoms with van der Waals surface area (Å²) >= 11 is 0. The van der Waals surface area contributed by atoms with Crippen molar-refractivity contribution < 1.29 is 0 Å². The highest BCUT2D eigenvalue weighted by atomic mass is 15.3. The molecule has 8 heteroatoms. The van der Waals surface area contributed by atoms with Gasteiger partial charge >= 0.3 is 0 Å². The largest absolute Gasteiger partial charge is 0.355 e. The number of nitrogens with zero attached hydrogens (tertiary/aromatic N) is 6. The number of benzene rings is 1. The quantitative estimate of drug-likeness (QED) is 0.709. The first-order valence-corrected chi connectivity index (χ1v) is 10.1. The molecule has 0 unspecified atom stereocenters. The first kappa shape index (κ1) is 17.9. The molecule has 1 aromatic carbocycles. The van der Waals surface area contributed by atoms with Gasteiger partial charge in [0.1, 0.15) is 5.82 Å². The topological polar surface area (TPSA) is 111 Å². The van der Waals surface area contributed by atoms with Crippen LogP contribution in [0, 0.1) is 16.7 Å². The summed E-state index contributed by atoms with van der Waals surface area (Å²) in [6.45, 7) is 5.63. The van der Waals surface area contributed by atoms with Crippen molar-refractivity contribution in [3.8, 4) is 6.07 Å². The summed E-state index contributed by atoms with van der Waals surface area (Å²) in [6.07, 6.45) is 4.79. The van der Waals surface area contributed by atoms with Crippen LogP contribution in [-0.2, 0) is 6.42 Å². The first-order valence-electron chi connectivity index (χ1n) is 10.1. The smallest absolute Gasteiger partial charge is 0.183 e. The molecule has 5 rings (SSSR count). The Morgan fingerprint density at radius 1 is 1.28 bits per heavy atom. The van der Waals surface area contributed by atoms with Crippen molar-refractivity contribution in [3.05, 3.63) is 35.5 Å². The third-order valence-electron chi connectivity index (χ3n) is 6.43. The standard InChI is InChI=1S/C21H24N8/c1-21(13-23)6-9-28(10-7-21)17-12-24-18-19(25-17)26-27-20(18)29-8-5-15-14(11-22)3-2-4-16(15)29/h2-4,12H,5-10,13,23H2,1H3,(H,25,26,27). The van der Waals surface area contributed by atoms with Gasteiger partial charge in [0.05, 0.1) is 17.8 Å². The van der Waals surface area contributed by atoms with Crippen LogP contribution in [0.5, 0.6) is 0 Å². The Labute approximate surface area is 169 Å². The minimum absolute atomic E-state index is 0.223. The van der Waals surface area contributed by atoms with Crippen LogP contribution < -0.4 is 15.5 Å². The molecule has 0 aliphatic carbocycles. The Morgan fingerprint density at radius 3 is 2.86 bits per heavy atom. The highest BCUT2D eigenvalue weighted by molar-refractivity contribution is 5.88. The predicted octanol–water partition coefficient (Wildman–Crippen LogP) is 2.48. The lowest BCUT2D eigenvalue weighted by Gasteiger charge is -2.39. The van der Waals surface area contributed by atoms with Crippen LogP contribution in [0.2, 0.25) is 0 Å². The normalized spacial score (nSPS) is 18.1. The van der Waals surface area contributed by atoms with E-state index in [1.807, 2.05) is 24.4 Å². The molecule has 3 N–H and O–H groups in total. The third-order valence-corrected chi connectivity index (χ3v) is 6.43. The molecule has 1 fully saturated rings. The maximum absolute atomic E-state index is 9.37. The third kappa shape index (κ3) is 2.89. The van der Waals surface area contributed by atoms with Crippen molar-refractivity contribution in [2.24, 2.45) is 11.1 Å². The van der Waals surface area contributed by atoms with Gasteiger partial charge in [-0.25, -0.2) is 9.97 Å². The van der Waals surface area contributed by atoms with Crippen molar-refractivity contribution in [2.75, 3.05) is 36.0 Å². The van der Waals surface area contributed by atoms with Gasteiger partial charge in [-0.1, -0.05) is 13.0 Å². The summed E-state index contributed by atoms with van der Waals surface area (Å²) in [5.74, 6) is 1.64. The summed E-state index contributed by atoms with van der Waals surface area (Å²) in [7, 11) is 0. The van der Waals surface area contributed by atoms with Gasteiger partial charge in [0, 0.05) is 25.3 Å². The Balaban J connectivity index is 1.44. The summed E-state index contributed by atoms with van der Waals surface area (Å²) in [5.41, 5.74) is 10.4. The van der Waals surface area contributed by atoms with E-state index < -0.39 is 0 Å². The average molecular weight is 388 g/mol. The number of H-pyrrole nitrogens is 1. The van der Waals surface area contributed by atoms with Gasteiger partial charge in [0.2, 0.25) is 0 Å². The number of nitriles is 1. The van der Waals surface area contributed by atoms with E-state index in [1.165, 1.54) is 0 Å². The van der Waals surface area contributed by atoms with Crippen molar-refractivity contribution in [2.45, 2.75) is 26.2 Å². The van der Waals surface area contributed by atoms with Crippen LogP contribution >= 0.6 is 0 Å². The molecule has 3 aromatic rings. The molecule has 2 aliphatic heterocycles. The number of aromatic amines is 1. The fourth-order valence-electron chi connectivity index (χ4n) is 4.36. The fourth-order valence-corrected chi connectivity index (χ4v) is 4.36. The Kier molecular flexibility index (Phi) is 4.14. The first-order chi connectivity index (χ1) is 14.1. The molecule has 0 amide bonds. The van der Waals surface area contributed by atoms with Gasteiger partial charge in [-0.05, 0) is 48.9 Å². The molecular formula is C21H24N8. The van der Waals surface area contributed by atoms with Gasteiger partial charge in [0.15, 0.2) is 17.0 Å². The number of fused-ring (bicyclic) bond motifs is 2. The Bertz CT molecular complexity index is 1100. The lowest BCUT2D eigenvalue weighted by Crippen LogP contribution is -2.42. The van der Waals surface area contributed by atoms with Gasteiger partial charge in [0.25, 0.3) is 0 Å². The molecule has 4 heterocycles. The number of hydrogen-bond donors (Lipinski definition) is 2. The summed E-state index contributed by atoms with van der Waals surface area (Å²) in [5, 5.41) is 16.9. The number of nitrogens with one attached hydrogen (secondary N) is 1. The average Bonchev–Trinajstić information content (AvgIpc) is 3.37. The van der Waals surface area contributed by atoms with Gasteiger partial charge in [-0.3, -0.25) is 5.10 Å². The molecule has 0 atom stereocenters. The van der Waals surface area contributed by atoms with E-state index in [2.05, 4.69) is 33.0 Å². The number of anilines is 3. The van der Waals surface area contributed by atoms with Crippen LogP contribution in [0.15, 0.2) is 24.4 Å². The van der Waals surface area contributed by atoms with Crippen LogP contribution in [-0.4, -0.2) is 46.3 Å². The van der Waals surface area contributed by atoms with Gasteiger partial charge < -0.3 is 15.5 Å². The van der Waals surface area contributed by atoms with Gasteiger partial charge in [-0.15, -0.1) is 0 Å². The minimum Gasteiger partial charge on any atom is -0.355 e. The number of aromatic nitrogens is 4. The molecule has 2 aromatic heterocycles. The van der Waals surface area contributed by atoms with E-state index in [0.29, 0.717) is 5.65 Å². The minimum atomic E-state index is 0.223. The highest BCUT2D eigenvalue weighted by Gasteiger charge is 2.30. The van der Waals surface area contributed by atoms with E-state index in [4.69, 9.17) is 15.7 Å². The molecule has 29 heavy (non-hydrogen) atoms. The number of rotatable bonds is 3. The highest BCUT2D eigenvalue weighted by Crippen LogP contribution is 2.38. The van der Waals surface area contributed by atoms with E-state index in [-0.39, 0.29) is 5.41 Å². The Hall–Kier alpha value is -3.18. The molecule has 1 saturated heterocycles. The number of piperidine rings is 1. The SMILES string of the molecule is CC1(CN)CCN(c2cnc3c(N4CCc5c(C#N)cccc54)n[nH]c3n2)CC1. The second kappa shape index (κ2) is 6.71. The van der Waals surface area contributed by atoms with E-state index in [9.17, 15) is 5.26 Å². The maximum Gasteiger partial charge on any atom is 0.183 e. The molecule has 0 spiro atoms. The second-order valence-corrected chi connectivity index (χ2v) is 8.29. The van der Waals surface area contributed by atoms with Crippen molar-refractivity contribution in [1.82, 2.24) is 20.2 Å². The van der Waals surface area contributed by atoms with Crippen molar-refractivity contribution in [3.63, 3.8) is 0 Å². The molecule has 0 bridgehead atoms. The lowest BCUT2D eigenvalue weighted by molar-refractivity contribution is 0.258.